The highest BCUT2D eigenvalue weighted by molar-refractivity contribution is 7.97. The van der Waals surface area contributed by atoms with Gasteiger partial charge >= 0.3 is 6.03 Å². The minimum atomic E-state index is -0.0319. The molecule has 184 valence electrons. The van der Waals surface area contributed by atoms with Crippen LogP contribution < -0.4 is 15.4 Å². The van der Waals surface area contributed by atoms with Gasteiger partial charge in [0.15, 0.2) is 0 Å². The van der Waals surface area contributed by atoms with Gasteiger partial charge in [-0.15, -0.1) is 0 Å². The molecule has 1 spiro atoms. The van der Waals surface area contributed by atoms with Gasteiger partial charge in [-0.25, -0.2) is 4.79 Å². The standard InChI is InChI=1S/C29H31N5OS/c1-19-5-11-25-23(17-32-33(25)2)27(19)21-8-12-26-24(15-21)29(13-3-4-14-29)18-34(26)28(35)31-16-20-6-9-22(36-30)10-7-20/h5-12,15,17H,3-4,13-14,16,18,30H2,1-2H3,(H,31,35). The van der Waals surface area contributed by atoms with Crippen molar-refractivity contribution in [1.82, 2.24) is 15.1 Å². The van der Waals surface area contributed by atoms with Crippen molar-refractivity contribution in [2.24, 2.45) is 12.2 Å². The van der Waals surface area contributed by atoms with Crippen molar-refractivity contribution in [3.63, 3.8) is 0 Å². The van der Waals surface area contributed by atoms with E-state index in [0.29, 0.717) is 6.54 Å². The first-order valence-electron chi connectivity index (χ1n) is 12.6. The number of amides is 2. The van der Waals surface area contributed by atoms with Crippen LogP contribution in [0.4, 0.5) is 10.5 Å². The number of nitrogens with two attached hydrogens (primary N) is 1. The highest BCUT2D eigenvalue weighted by Crippen LogP contribution is 2.51. The molecule has 1 aliphatic carbocycles. The molecule has 0 atom stereocenters. The van der Waals surface area contributed by atoms with Crippen molar-refractivity contribution in [2.75, 3.05) is 11.4 Å². The molecule has 2 amide bonds. The zero-order valence-electron chi connectivity index (χ0n) is 20.8. The van der Waals surface area contributed by atoms with Crippen LogP contribution in [0.5, 0.6) is 0 Å². The molecule has 2 aliphatic rings. The number of aryl methyl sites for hydroxylation is 2. The average molecular weight is 498 g/mol. The Hall–Kier alpha value is -3.29. The number of hydrogen-bond donors (Lipinski definition) is 2. The number of anilines is 1. The van der Waals surface area contributed by atoms with Gasteiger partial charge < -0.3 is 5.32 Å². The second-order valence-corrected chi connectivity index (χ2v) is 10.9. The van der Waals surface area contributed by atoms with Crippen LogP contribution in [0.3, 0.4) is 0 Å². The lowest BCUT2D eigenvalue weighted by Gasteiger charge is -2.25. The molecule has 7 heteroatoms. The molecule has 36 heavy (non-hydrogen) atoms. The molecule has 3 aromatic carbocycles. The van der Waals surface area contributed by atoms with Gasteiger partial charge in [-0.3, -0.25) is 14.7 Å². The van der Waals surface area contributed by atoms with Crippen molar-refractivity contribution >= 4 is 34.6 Å². The maximum absolute atomic E-state index is 13.4. The summed E-state index contributed by atoms with van der Waals surface area (Å²) >= 11 is 1.23. The van der Waals surface area contributed by atoms with Gasteiger partial charge in [0.25, 0.3) is 0 Å². The maximum atomic E-state index is 13.4. The monoisotopic (exact) mass is 497 g/mol. The molecule has 6 rings (SSSR count). The lowest BCUT2D eigenvalue weighted by atomic mass is 9.79. The van der Waals surface area contributed by atoms with Gasteiger partial charge in [-0.1, -0.05) is 37.1 Å². The zero-order chi connectivity index (χ0) is 24.9. The van der Waals surface area contributed by atoms with E-state index in [1.807, 2.05) is 47.1 Å². The quantitative estimate of drug-likeness (QED) is 0.336. The summed E-state index contributed by atoms with van der Waals surface area (Å²) in [6.07, 6.45) is 6.64. The van der Waals surface area contributed by atoms with Gasteiger partial charge in [-0.2, -0.15) is 5.10 Å². The predicted octanol–water partition coefficient (Wildman–Crippen LogP) is 6.06. The average Bonchev–Trinajstić information content (AvgIpc) is 3.61. The molecule has 1 aliphatic heterocycles. The molecule has 1 aromatic heterocycles. The van der Waals surface area contributed by atoms with Crippen molar-refractivity contribution in [3.05, 3.63) is 77.5 Å². The number of urea groups is 1. The number of carbonyl (C=O) groups excluding carboxylic acids is 1. The Bertz CT molecular complexity index is 1450. The number of fused-ring (bicyclic) bond motifs is 3. The summed E-state index contributed by atoms with van der Waals surface area (Å²) in [6.45, 7) is 3.41. The van der Waals surface area contributed by atoms with E-state index < -0.39 is 0 Å². The van der Waals surface area contributed by atoms with E-state index in [2.05, 4.69) is 47.7 Å². The Kier molecular flexibility index (Phi) is 5.77. The van der Waals surface area contributed by atoms with Crippen molar-refractivity contribution in [2.45, 2.75) is 49.5 Å². The van der Waals surface area contributed by atoms with Crippen molar-refractivity contribution in [3.8, 4) is 11.1 Å². The van der Waals surface area contributed by atoms with Crippen LogP contribution in [0.1, 0.15) is 42.4 Å². The molecule has 0 unspecified atom stereocenters. The second kappa shape index (κ2) is 8.98. The van der Waals surface area contributed by atoms with Crippen LogP contribution in [0.2, 0.25) is 0 Å². The van der Waals surface area contributed by atoms with Gasteiger partial charge in [0.2, 0.25) is 0 Å². The SMILES string of the molecule is Cc1ccc2c(cnn2C)c1-c1ccc2c(c1)C1(CCCC1)CN2C(=O)NCc1ccc(SN)cc1. The van der Waals surface area contributed by atoms with Crippen LogP contribution in [-0.2, 0) is 19.0 Å². The lowest BCUT2D eigenvalue weighted by Crippen LogP contribution is -2.41. The second-order valence-electron chi connectivity index (χ2n) is 10.2. The molecular formula is C29H31N5OS. The minimum absolute atomic E-state index is 0.0319. The summed E-state index contributed by atoms with van der Waals surface area (Å²) < 4.78 is 1.93. The van der Waals surface area contributed by atoms with E-state index in [1.165, 1.54) is 52.4 Å². The van der Waals surface area contributed by atoms with E-state index in [4.69, 9.17) is 5.14 Å². The zero-order valence-corrected chi connectivity index (χ0v) is 21.6. The maximum Gasteiger partial charge on any atom is 0.322 e. The normalized spacial score (nSPS) is 16.1. The summed E-state index contributed by atoms with van der Waals surface area (Å²) in [5, 5.41) is 14.4. The van der Waals surface area contributed by atoms with Gasteiger partial charge in [0.05, 0.1) is 11.7 Å². The number of carbonyl (C=O) groups is 1. The Morgan fingerprint density at radius 3 is 2.64 bits per heavy atom. The fourth-order valence-corrected chi connectivity index (χ4v) is 6.46. The van der Waals surface area contributed by atoms with Crippen LogP contribution in [-0.4, -0.2) is 22.4 Å². The molecular weight excluding hydrogens is 466 g/mol. The molecule has 0 saturated heterocycles. The van der Waals surface area contributed by atoms with Gasteiger partial charge in [-0.05, 0) is 89.9 Å². The third-order valence-corrected chi connectivity index (χ3v) is 8.60. The minimum Gasteiger partial charge on any atom is -0.334 e. The molecule has 0 radical (unpaired) electrons. The highest BCUT2D eigenvalue weighted by Gasteiger charge is 2.46. The van der Waals surface area contributed by atoms with Crippen LogP contribution in [0.15, 0.2) is 65.7 Å². The Morgan fingerprint density at radius 1 is 1.11 bits per heavy atom. The number of nitrogens with zero attached hydrogens (tertiary/aromatic N) is 3. The molecule has 1 fully saturated rings. The largest absolute Gasteiger partial charge is 0.334 e. The Labute approximate surface area is 216 Å². The van der Waals surface area contributed by atoms with Crippen LogP contribution in [0, 0.1) is 6.92 Å². The molecule has 0 bridgehead atoms. The Balaban J connectivity index is 1.34. The molecule has 4 aromatic rings. The summed E-state index contributed by atoms with van der Waals surface area (Å²) in [5.74, 6) is 0. The van der Waals surface area contributed by atoms with E-state index in [9.17, 15) is 4.79 Å². The number of aromatic nitrogens is 2. The first kappa shape index (κ1) is 23.1. The number of hydrogen-bond acceptors (Lipinski definition) is 4. The summed E-state index contributed by atoms with van der Waals surface area (Å²) in [6, 6.07) is 19.0. The first-order chi connectivity index (χ1) is 17.5. The highest BCUT2D eigenvalue weighted by atomic mass is 32.2. The van der Waals surface area contributed by atoms with E-state index in [1.54, 1.807) is 0 Å². The molecule has 3 N–H and O–H groups in total. The summed E-state index contributed by atoms with van der Waals surface area (Å²) in [5.41, 5.74) is 8.27. The smallest absolute Gasteiger partial charge is 0.322 e. The molecule has 2 heterocycles. The molecule has 1 saturated carbocycles. The van der Waals surface area contributed by atoms with E-state index in [-0.39, 0.29) is 11.4 Å². The van der Waals surface area contributed by atoms with Crippen LogP contribution in [0.25, 0.3) is 22.0 Å². The number of benzene rings is 3. The number of rotatable bonds is 4. The predicted molar refractivity (Wildman–Crippen MR) is 147 cm³/mol. The van der Waals surface area contributed by atoms with Gasteiger partial charge in [0.1, 0.15) is 0 Å². The molecule has 6 nitrogen and oxygen atoms in total. The summed E-state index contributed by atoms with van der Waals surface area (Å²) in [7, 11) is 1.99. The van der Waals surface area contributed by atoms with Gasteiger partial charge in [0, 0.05) is 41.5 Å². The van der Waals surface area contributed by atoms with E-state index in [0.717, 1.165) is 41.0 Å². The lowest BCUT2D eigenvalue weighted by molar-refractivity contribution is 0.245. The van der Waals surface area contributed by atoms with Crippen molar-refractivity contribution < 1.29 is 4.79 Å². The van der Waals surface area contributed by atoms with E-state index >= 15 is 0 Å². The fourth-order valence-electron chi connectivity index (χ4n) is 6.16. The summed E-state index contributed by atoms with van der Waals surface area (Å²) in [4.78, 5) is 16.4. The number of nitrogens with one attached hydrogen (secondary N) is 1. The topological polar surface area (TPSA) is 76.2 Å². The first-order valence-corrected chi connectivity index (χ1v) is 13.4. The third kappa shape index (κ3) is 3.78. The van der Waals surface area contributed by atoms with Crippen LogP contribution >= 0.6 is 11.9 Å². The fraction of sp³-hybridized carbons (Fsp3) is 0.310. The Morgan fingerprint density at radius 2 is 1.89 bits per heavy atom. The third-order valence-electron chi connectivity index (χ3n) is 8.06. The van der Waals surface area contributed by atoms with Crippen molar-refractivity contribution in [1.29, 1.82) is 0 Å².